The second kappa shape index (κ2) is 14.7. The first kappa shape index (κ1) is 36.7. The van der Waals surface area contributed by atoms with Crippen LogP contribution in [0.4, 0.5) is 4.39 Å². The quantitative estimate of drug-likeness (QED) is 0.120. The minimum atomic E-state index is -0.950. The van der Waals surface area contributed by atoms with E-state index < -0.39 is 22.4 Å². The predicted molar refractivity (Wildman–Crippen MR) is 188 cm³/mol. The minimum absolute atomic E-state index is 0.00709. The second-order valence-corrected chi connectivity index (χ2v) is 16.0. The van der Waals surface area contributed by atoms with E-state index in [9.17, 15) is 23.6 Å². The molecule has 0 aromatic heterocycles. The van der Waals surface area contributed by atoms with Gasteiger partial charge in [-0.15, -0.1) is 0 Å². The Morgan fingerprint density at radius 2 is 1.63 bits per heavy atom. The molecule has 49 heavy (non-hydrogen) atoms. The van der Waals surface area contributed by atoms with Crippen LogP contribution in [0.3, 0.4) is 0 Å². The summed E-state index contributed by atoms with van der Waals surface area (Å²) in [6.07, 6.45) is 7.00. The van der Waals surface area contributed by atoms with Gasteiger partial charge in [0.15, 0.2) is 0 Å². The molecule has 0 aliphatic heterocycles. The summed E-state index contributed by atoms with van der Waals surface area (Å²) < 4.78 is 26.6. The number of hydrogen-bond donors (Lipinski definition) is 0. The maximum Gasteiger partial charge on any atom is 0.338 e. The van der Waals surface area contributed by atoms with Gasteiger partial charge >= 0.3 is 11.9 Å². The van der Waals surface area contributed by atoms with Gasteiger partial charge in [-0.2, -0.15) is 0 Å². The van der Waals surface area contributed by atoms with Gasteiger partial charge in [-0.3, -0.25) is 14.4 Å². The molecule has 3 aliphatic carbocycles. The molecule has 6 nitrogen and oxygen atoms in total. The third kappa shape index (κ3) is 8.41. The summed E-state index contributed by atoms with van der Waals surface area (Å²) in [4.78, 5) is 54.6. The number of ether oxygens (including phenoxy) is 2. The van der Waals surface area contributed by atoms with Gasteiger partial charge in [-0.05, 0) is 120 Å². The van der Waals surface area contributed by atoms with Gasteiger partial charge in [0.05, 0.1) is 16.4 Å². The number of carbonyl (C=O) groups excluding carboxylic acids is 4. The molecule has 2 aromatic carbocycles. The molecule has 0 N–H and O–H groups in total. The van der Waals surface area contributed by atoms with Crippen molar-refractivity contribution < 1.29 is 33.0 Å². The Balaban J connectivity index is 1.32. The second-order valence-electron chi connectivity index (χ2n) is 16.0. The molecule has 5 rings (SSSR count). The minimum Gasteiger partial charge on any atom is -0.461 e. The summed E-state index contributed by atoms with van der Waals surface area (Å²) in [5.41, 5.74) is 0.964. The Kier molecular flexibility index (Phi) is 11.0. The normalized spacial score (nSPS) is 24.6. The van der Waals surface area contributed by atoms with Gasteiger partial charge in [0.1, 0.15) is 29.6 Å². The van der Waals surface area contributed by atoms with E-state index in [1.807, 2.05) is 51.1 Å². The van der Waals surface area contributed by atoms with E-state index in [1.54, 1.807) is 19.1 Å². The number of hydrogen-bond acceptors (Lipinski definition) is 6. The highest BCUT2D eigenvalue weighted by Gasteiger charge is 2.55. The fourth-order valence-corrected chi connectivity index (χ4v) is 7.71. The molecule has 0 radical (unpaired) electrons. The van der Waals surface area contributed by atoms with Crippen LogP contribution in [-0.2, 0) is 41.5 Å². The van der Waals surface area contributed by atoms with Crippen LogP contribution in [0, 0.1) is 41.3 Å². The molecule has 4 unspecified atom stereocenters. The fourth-order valence-electron chi connectivity index (χ4n) is 7.71. The van der Waals surface area contributed by atoms with Crippen LogP contribution >= 0.6 is 0 Å². The van der Waals surface area contributed by atoms with Gasteiger partial charge in [0, 0.05) is 18.3 Å². The van der Waals surface area contributed by atoms with Crippen molar-refractivity contribution in [3.63, 3.8) is 0 Å². The molecule has 0 bridgehead atoms. The maximum absolute atomic E-state index is 15.0. The molecule has 4 atom stereocenters. The van der Waals surface area contributed by atoms with Crippen molar-refractivity contribution >= 4 is 29.1 Å². The van der Waals surface area contributed by atoms with Gasteiger partial charge in [0.2, 0.25) is 0 Å². The Morgan fingerprint density at radius 3 is 2.24 bits per heavy atom. The van der Waals surface area contributed by atoms with E-state index in [-0.39, 0.29) is 59.7 Å². The molecule has 3 aliphatic rings. The molecule has 0 spiro atoms. The lowest BCUT2D eigenvalue weighted by atomic mass is 9.61. The number of Topliss-reactive ketones (excluding diaryl/α,β-unsaturated/α-hetero) is 2. The van der Waals surface area contributed by atoms with Crippen LogP contribution < -0.4 is 0 Å². The average Bonchev–Trinajstić information content (AvgIpc) is 3.87. The number of carbonyl (C=O) groups is 4. The first-order chi connectivity index (χ1) is 23.2. The van der Waals surface area contributed by atoms with Crippen LogP contribution in [0.15, 0.2) is 49.0 Å². The van der Waals surface area contributed by atoms with Gasteiger partial charge in [-0.1, -0.05) is 62.4 Å². The zero-order valence-electron chi connectivity index (χ0n) is 30.0. The van der Waals surface area contributed by atoms with Crippen molar-refractivity contribution in [1.29, 1.82) is 0 Å². The molecule has 7 heteroatoms. The van der Waals surface area contributed by atoms with Crippen molar-refractivity contribution in [2.75, 3.05) is 6.61 Å². The SMILES string of the molecule is C=C(C(=O)OCC1(C(=O)C2CCC2Cc2cccc(C)c2F)CCCC(C(=O)CC2(C(=O)OC(C)(C)C)CC2)CC1)c1ccc(CC)cc1. The van der Waals surface area contributed by atoms with E-state index >= 15 is 0 Å². The van der Waals surface area contributed by atoms with Gasteiger partial charge in [-0.25, -0.2) is 9.18 Å². The standard InChI is InChI=1S/C42H53FO6/c1-7-29-13-15-30(16-14-29)28(3)38(46)48-26-42(37(45)34-18-17-32(34)24-33-11-8-10-27(2)36(33)43)20-9-12-31(19-21-42)35(44)25-41(22-23-41)39(47)49-40(4,5)6/h8,10-11,13-16,31-32,34H,3,7,9,12,17-26H2,1-2,4-6H3. The summed E-state index contributed by atoms with van der Waals surface area (Å²) in [5, 5.41) is 0. The number of rotatable bonds is 13. The van der Waals surface area contributed by atoms with Crippen LogP contribution in [0.1, 0.15) is 114 Å². The van der Waals surface area contributed by atoms with Crippen molar-refractivity contribution in [2.24, 2.45) is 28.6 Å². The molecule has 2 aromatic rings. The monoisotopic (exact) mass is 672 g/mol. The zero-order chi connectivity index (χ0) is 35.6. The van der Waals surface area contributed by atoms with E-state index in [0.717, 1.165) is 18.4 Å². The number of benzene rings is 2. The predicted octanol–water partition coefficient (Wildman–Crippen LogP) is 8.74. The largest absolute Gasteiger partial charge is 0.461 e. The van der Waals surface area contributed by atoms with Gasteiger partial charge in [0.25, 0.3) is 0 Å². The Hall–Kier alpha value is -3.61. The lowest BCUT2D eigenvalue weighted by molar-refractivity contribution is -0.163. The summed E-state index contributed by atoms with van der Waals surface area (Å²) in [6.45, 7) is 13.2. The number of halogens is 1. The molecule has 0 heterocycles. The van der Waals surface area contributed by atoms with Crippen molar-refractivity contribution in [2.45, 2.75) is 117 Å². The van der Waals surface area contributed by atoms with E-state index in [2.05, 4.69) is 13.5 Å². The van der Waals surface area contributed by atoms with Crippen molar-refractivity contribution in [1.82, 2.24) is 0 Å². The summed E-state index contributed by atoms with van der Waals surface area (Å²) in [5.74, 6) is -1.52. The lowest BCUT2D eigenvalue weighted by Crippen LogP contribution is -2.46. The summed E-state index contributed by atoms with van der Waals surface area (Å²) in [6, 6.07) is 13.0. The zero-order valence-corrected chi connectivity index (χ0v) is 30.0. The third-order valence-corrected chi connectivity index (χ3v) is 11.3. The highest BCUT2D eigenvalue weighted by molar-refractivity contribution is 6.15. The van der Waals surface area contributed by atoms with Crippen LogP contribution in [0.25, 0.3) is 5.57 Å². The Bertz CT molecular complexity index is 1580. The number of esters is 2. The Morgan fingerprint density at radius 1 is 0.918 bits per heavy atom. The smallest absolute Gasteiger partial charge is 0.338 e. The molecule has 0 saturated heterocycles. The average molecular weight is 673 g/mol. The highest BCUT2D eigenvalue weighted by Crippen LogP contribution is 2.52. The topological polar surface area (TPSA) is 86.7 Å². The molecular weight excluding hydrogens is 619 g/mol. The maximum atomic E-state index is 15.0. The Labute approximate surface area is 291 Å². The fraction of sp³-hybridized carbons (Fsp3) is 0.571. The molecule has 0 amide bonds. The van der Waals surface area contributed by atoms with Crippen LogP contribution in [0.5, 0.6) is 0 Å². The lowest BCUT2D eigenvalue weighted by Gasteiger charge is -2.42. The van der Waals surface area contributed by atoms with Crippen LogP contribution in [-0.4, -0.2) is 35.7 Å². The van der Waals surface area contributed by atoms with Gasteiger partial charge < -0.3 is 9.47 Å². The first-order valence-corrected chi connectivity index (χ1v) is 18.2. The third-order valence-electron chi connectivity index (χ3n) is 11.3. The van der Waals surface area contributed by atoms with E-state index in [4.69, 9.17) is 9.47 Å². The number of aryl methyl sites for hydroxylation is 2. The van der Waals surface area contributed by atoms with Crippen molar-refractivity contribution in [3.05, 3.63) is 77.1 Å². The van der Waals surface area contributed by atoms with E-state index in [1.165, 1.54) is 0 Å². The molecular formula is C42H53FO6. The molecule has 264 valence electrons. The summed E-state index contributed by atoms with van der Waals surface area (Å²) >= 11 is 0. The highest BCUT2D eigenvalue weighted by atomic mass is 19.1. The van der Waals surface area contributed by atoms with E-state index in [0.29, 0.717) is 74.5 Å². The van der Waals surface area contributed by atoms with Crippen molar-refractivity contribution in [3.8, 4) is 0 Å². The molecule has 3 fully saturated rings. The van der Waals surface area contributed by atoms with Crippen LogP contribution in [0.2, 0.25) is 0 Å². The number of ketones is 2. The summed E-state index contributed by atoms with van der Waals surface area (Å²) in [7, 11) is 0. The molecule has 3 saturated carbocycles. The first-order valence-electron chi connectivity index (χ1n) is 18.2.